The molecular weight excluding hydrogens is 340 g/mol. The zero-order valence-corrected chi connectivity index (χ0v) is 14.7. The second kappa shape index (κ2) is 7.81. The number of aryl methyl sites for hydroxylation is 1. The van der Waals surface area contributed by atoms with Crippen molar-refractivity contribution in [2.24, 2.45) is 14.1 Å². The van der Waals surface area contributed by atoms with Crippen LogP contribution in [0.3, 0.4) is 0 Å². The molecule has 24 heavy (non-hydrogen) atoms. The van der Waals surface area contributed by atoms with Crippen LogP contribution >= 0.6 is 0 Å². The molecule has 1 N–H and O–H groups in total. The van der Waals surface area contributed by atoms with E-state index in [1.807, 2.05) is 0 Å². The number of methoxy groups -OCH3 is 1. The molecule has 0 fully saturated rings. The maximum atomic E-state index is 12.0. The standard InChI is InChI=1S/C11H12N4O5.C2H6OS/c1-14-8-7(10(18)15(2)11(14)19)12-5(9(17)13-8)4-6(16)20-3;1-4(2)3/h4H2,1-3H3,(H,13,17);1-2H3. The molecule has 11 heteroatoms. The molecule has 132 valence electrons. The van der Waals surface area contributed by atoms with Crippen molar-refractivity contribution < 1.29 is 13.7 Å². The highest BCUT2D eigenvalue weighted by molar-refractivity contribution is 7.83. The van der Waals surface area contributed by atoms with Crippen molar-refractivity contribution in [3.63, 3.8) is 0 Å². The second-order valence-electron chi connectivity index (χ2n) is 4.91. The number of aromatic nitrogens is 4. The Morgan fingerprint density at radius 1 is 1.21 bits per heavy atom. The normalized spacial score (nSPS) is 10.4. The number of nitrogens with one attached hydrogen (secondary N) is 1. The van der Waals surface area contributed by atoms with Gasteiger partial charge in [-0.15, -0.1) is 0 Å². The Morgan fingerprint density at radius 3 is 2.25 bits per heavy atom. The molecule has 0 amide bonds. The van der Waals surface area contributed by atoms with E-state index in [0.717, 1.165) is 9.13 Å². The SMILES string of the molecule is COC(=O)Cc1nc2c(=O)n(C)c(=O)n(C)c2[nH]c1=O.CS(C)=O. The third-order valence-electron chi connectivity index (χ3n) is 2.92. The van der Waals surface area contributed by atoms with Gasteiger partial charge in [0.05, 0.1) is 13.5 Å². The minimum absolute atomic E-state index is 0.0108. The van der Waals surface area contributed by atoms with Gasteiger partial charge in [0, 0.05) is 37.4 Å². The third-order valence-corrected chi connectivity index (χ3v) is 2.92. The molecule has 2 aromatic heterocycles. The molecule has 10 nitrogen and oxygen atoms in total. The van der Waals surface area contributed by atoms with E-state index >= 15 is 0 Å². The summed E-state index contributed by atoms with van der Waals surface area (Å²) in [4.78, 5) is 53.0. The van der Waals surface area contributed by atoms with Gasteiger partial charge < -0.3 is 9.72 Å². The van der Waals surface area contributed by atoms with Crippen molar-refractivity contribution >= 4 is 27.9 Å². The van der Waals surface area contributed by atoms with Crippen LogP contribution in [-0.2, 0) is 40.8 Å². The van der Waals surface area contributed by atoms with Crippen molar-refractivity contribution in [2.75, 3.05) is 19.6 Å². The van der Waals surface area contributed by atoms with E-state index in [9.17, 15) is 23.4 Å². The fraction of sp³-hybridized carbons (Fsp3) is 0.462. The van der Waals surface area contributed by atoms with Gasteiger partial charge >= 0.3 is 11.7 Å². The molecule has 0 aliphatic carbocycles. The lowest BCUT2D eigenvalue weighted by atomic mass is 10.3. The summed E-state index contributed by atoms with van der Waals surface area (Å²) in [7, 11) is 3.28. The fourth-order valence-electron chi connectivity index (χ4n) is 1.76. The van der Waals surface area contributed by atoms with E-state index < -0.39 is 33.6 Å². The molecule has 2 rings (SSSR count). The van der Waals surface area contributed by atoms with Gasteiger partial charge in [-0.2, -0.15) is 0 Å². The van der Waals surface area contributed by atoms with Gasteiger partial charge in [-0.3, -0.25) is 27.7 Å². The number of rotatable bonds is 2. The number of hydrogen-bond acceptors (Lipinski definition) is 7. The van der Waals surface area contributed by atoms with Gasteiger partial charge in [0.1, 0.15) is 11.3 Å². The van der Waals surface area contributed by atoms with Gasteiger partial charge in [0.15, 0.2) is 5.52 Å². The van der Waals surface area contributed by atoms with E-state index in [1.165, 1.54) is 21.2 Å². The molecule has 0 unspecified atom stereocenters. The van der Waals surface area contributed by atoms with Crippen LogP contribution in [0.25, 0.3) is 11.2 Å². The highest BCUT2D eigenvalue weighted by Crippen LogP contribution is 1.99. The smallest absolute Gasteiger partial charge is 0.332 e. The summed E-state index contributed by atoms with van der Waals surface area (Å²) < 4.78 is 16.0. The number of aromatic amines is 1. The maximum Gasteiger partial charge on any atom is 0.332 e. The highest BCUT2D eigenvalue weighted by Gasteiger charge is 2.15. The topological polar surface area (TPSA) is 133 Å². The van der Waals surface area contributed by atoms with Crippen LogP contribution in [0.1, 0.15) is 5.69 Å². The minimum Gasteiger partial charge on any atom is -0.469 e. The summed E-state index contributed by atoms with van der Waals surface area (Å²) in [6, 6.07) is 0. The Bertz CT molecular complexity index is 967. The van der Waals surface area contributed by atoms with E-state index in [4.69, 9.17) is 0 Å². The molecule has 0 saturated heterocycles. The summed E-state index contributed by atoms with van der Waals surface area (Å²) in [6.07, 6.45) is 2.92. The van der Waals surface area contributed by atoms with Crippen molar-refractivity contribution in [3.05, 3.63) is 36.9 Å². The van der Waals surface area contributed by atoms with E-state index in [-0.39, 0.29) is 23.3 Å². The molecule has 0 spiro atoms. The van der Waals surface area contributed by atoms with Crippen LogP contribution in [0.2, 0.25) is 0 Å². The zero-order valence-electron chi connectivity index (χ0n) is 13.9. The lowest BCUT2D eigenvalue weighted by molar-refractivity contribution is -0.139. The largest absolute Gasteiger partial charge is 0.469 e. The predicted octanol–water partition coefficient (Wildman–Crippen LogP) is -1.97. The molecule has 0 aliphatic rings. The number of carbonyl (C=O) groups excluding carboxylic acids is 1. The number of H-pyrrole nitrogens is 1. The summed E-state index contributed by atoms with van der Waals surface area (Å²) in [5.74, 6) is -0.649. The first-order chi connectivity index (χ1) is 11.1. The number of fused-ring (bicyclic) bond motifs is 1. The molecule has 0 aromatic carbocycles. The van der Waals surface area contributed by atoms with Gasteiger partial charge in [0.2, 0.25) is 0 Å². The first kappa shape index (κ1) is 19.5. The zero-order chi connectivity index (χ0) is 18.6. The number of carbonyl (C=O) groups is 1. The summed E-state index contributed by atoms with van der Waals surface area (Å²) >= 11 is 0. The number of hydrogen-bond donors (Lipinski definition) is 1. The molecule has 0 bridgehead atoms. The summed E-state index contributed by atoms with van der Waals surface area (Å²) in [5, 5.41) is 0. The average molecular weight is 358 g/mol. The maximum absolute atomic E-state index is 12.0. The Hall–Kier alpha value is -2.56. The van der Waals surface area contributed by atoms with Gasteiger partial charge in [-0.25, -0.2) is 9.78 Å². The average Bonchev–Trinajstić information content (AvgIpc) is 2.51. The van der Waals surface area contributed by atoms with Crippen LogP contribution < -0.4 is 16.8 Å². The van der Waals surface area contributed by atoms with Crippen molar-refractivity contribution in [1.29, 1.82) is 0 Å². The summed E-state index contributed by atoms with van der Waals surface area (Å²) in [5.41, 5.74) is -2.10. The van der Waals surface area contributed by atoms with Gasteiger partial charge in [-0.1, -0.05) is 0 Å². The molecule has 0 radical (unpaired) electrons. The number of esters is 1. The lowest BCUT2D eigenvalue weighted by Crippen LogP contribution is -2.39. The minimum atomic E-state index is -0.649. The second-order valence-corrected chi connectivity index (χ2v) is 6.39. The first-order valence-corrected chi connectivity index (χ1v) is 8.57. The predicted molar refractivity (Wildman–Crippen MR) is 88.6 cm³/mol. The van der Waals surface area contributed by atoms with Crippen LogP contribution in [0, 0.1) is 0 Å². The number of nitrogens with zero attached hydrogens (tertiary/aromatic N) is 3. The highest BCUT2D eigenvalue weighted by atomic mass is 32.2. The monoisotopic (exact) mass is 358 g/mol. The molecule has 0 aliphatic heterocycles. The Labute approximate surface area is 138 Å². The Kier molecular flexibility index (Phi) is 6.35. The van der Waals surface area contributed by atoms with Crippen molar-refractivity contribution in [1.82, 2.24) is 19.1 Å². The molecule has 0 atom stereocenters. The Morgan fingerprint density at radius 2 is 1.75 bits per heavy atom. The first-order valence-electron chi connectivity index (χ1n) is 6.61. The van der Waals surface area contributed by atoms with Gasteiger partial charge in [0.25, 0.3) is 11.1 Å². The molecule has 2 aromatic rings. The third kappa shape index (κ3) is 4.25. The van der Waals surface area contributed by atoms with Crippen LogP contribution in [0.4, 0.5) is 0 Å². The molecular formula is C13H18N4O6S. The van der Waals surface area contributed by atoms with Crippen LogP contribution in [-0.4, -0.2) is 48.9 Å². The van der Waals surface area contributed by atoms with Gasteiger partial charge in [-0.05, 0) is 0 Å². The number of ether oxygens (including phenoxy) is 1. The Balaban J connectivity index is 0.000000648. The molecule has 0 saturated carbocycles. The fourth-order valence-corrected chi connectivity index (χ4v) is 1.76. The van der Waals surface area contributed by atoms with E-state index in [0.29, 0.717) is 0 Å². The quantitative estimate of drug-likeness (QED) is 0.616. The van der Waals surface area contributed by atoms with Crippen LogP contribution in [0.15, 0.2) is 14.4 Å². The van der Waals surface area contributed by atoms with E-state index in [1.54, 1.807) is 12.5 Å². The van der Waals surface area contributed by atoms with Crippen molar-refractivity contribution in [2.45, 2.75) is 6.42 Å². The lowest BCUT2D eigenvalue weighted by Gasteiger charge is -2.07. The van der Waals surface area contributed by atoms with Crippen LogP contribution in [0.5, 0.6) is 0 Å². The summed E-state index contributed by atoms with van der Waals surface area (Å²) in [6.45, 7) is 0. The van der Waals surface area contributed by atoms with Crippen molar-refractivity contribution in [3.8, 4) is 0 Å². The molecule has 2 heterocycles. The van der Waals surface area contributed by atoms with E-state index in [2.05, 4.69) is 14.7 Å².